The summed E-state index contributed by atoms with van der Waals surface area (Å²) < 4.78 is 5.84. The van der Waals surface area contributed by atoms with E-state index >= 15 is 0 Å². The Bertz CT molecular complexity index is 1170. The molecule has 4 rings (SSSR count). The number of amides is 2. The summed E-state index contributed by atoms with van der Waals surface area (Å²) in [5, 5.41) is 16.5. The van der Waals surface area contributed by atoms with Gasteiger partial charge in [0.15, 0.2) is 5.13 Å². The number of hydrogen-bond donors (Lipinski definition) is 1. The minimum absolute atomic E-state index is 0.111. The van der Waals surface area contributed by atoms with Crippen LogP contribution in [0.2, 0.25) is 0 Å². The first-order chi connectivity index (χ1) is 15.9. The van der Waals surface area contributed by atoms with Gasteiger partial charge in [0, 0.05) is 36.5 Å². The van der Waals surface area contributed by atoms with Gasteiger partial charge < -0.3 is 15.0 Å². The number of benzene rings is 2. The van der Waals surface area contributed by atoms with Crippen molar-refractivity contribution in [1.82, 2.24) is 9.88 Å². The number of nitro groups is 1. The van der Waals surface area contributed by atoms with E-state index < -0.39 is 4.92 Å². The first-order valence-corrected chi connectivity index (χ1v) is 11.3. The highest BCUT2D eigenvalue weighted by atomic mass is 32.1. The van der Waals surface area contributed by atoms with Gasteiger partial charge >= 0.3 is 0 Å². The highest BCUT2D eigenvalue weighted by Crippen LogP contribution is 2.31. The van der Waals surface area contributed by atoms with Crippen molar-refractivity contribution in [1.29, 1.82) is 0 Å². The van der Waals surface area contributed by atoms with E-state index in [-0.39, 0.29) is 34.7 Å². The Balaban J connectivity index is 1.46. The average Bonchev–Trinajstić information content (AvgIpc) is 3.24. The van der Waals surface area contributed by atoms with Crippen LogP contribution >= 0.6 is 11.3 Å². The Labute approximate surface area is 194 Å². The number of nitrogens with one attached hydrogen (secondary N) is 1. The SMILES string of the molecule is Cc1csc(NC(=O)C2CCN(C(=O)c3cc([N+](=O)[O-])ccc3Oc3ccccc3)CC2)n1. The van der Waals surface area contributed by atoms with Gasteiger partial charge in [-0.15, -0.1) is 11.3 Å². The number of para-hydroxylation sites is 1. The lowest BCUT2D eigenvalue weighted by atomic mass is 9.95. The summed E-state index contributed by atoms with van der Waals surface area (Å²) in [6.07, 6.45) is 0.984. The zero-order valence-electron chi connectivity index (χ0n) is 17.9. The summed E-state index contributed by atoms with van der Waals surface area (Å²) >= 11 is 1.37. The highest BCUT2D eigenvalue weighted by molar-refractivity contribution is 7.13. The number of aromatic nitrogens is 1. The standard InChI is InChI=1S/C23H22N4O5S/c1-15-14-33-23(24-15)25-21(28)16-9-11-26(12-10-16)22(29)19-13-17(27(30)31)7-8-20(19)32-18-5-3-2-4-6-18/h2-8,13-14,16H,9-12H2,1H3,(H,24,25,28). The molecule has 10 heteroatoms. The molecule has 0 spiro atoms. The Morgan fingerprint density at radius 3 is 2.55 bits per heavy atom. The van der Waals surface area contributed by atoms with E-state index in [1.165, 1.54) is 29.5 Å². The molecule has 2 amide bonds. The first-order valence-electron chi connectivity index (χ1n) is 10.4. The van der Waals surface area contributed by atoms with Crippen LogP contribution < -0.4 is 10.1 Å². The van der Waals surface area contributed by atoms with E-state index in [0.717, 1.165) is 5.69 Å². The quantitative estimate of drug-likeness (QED) is 0.418. The van der Waals surface area contributed by atoms with Crippen LogP contribution in [0.1, 0.15) is 28.9 Å². The molecule has 1 aromatic heterocycles. The lowest BCUT2D eigenvalue weighted by Gasteiger charge is -2.31. The zero-order chi connectivity index (χ0) is 23.4. The molecule has 0 radical (unpaired) electrons. The van der Waals surface area contributed by atoms with Gasteiger partial charge in [-0.25, -0.2) is 4.98 Å². The first kappa shape index (κ1) is 22.4. The summed E-state index contributed by atoms with van der Waals surface area (Å²) in [7, 11) is 0. The summed E-state index contributed by atoms with van der Waals surface area (Å²) in [5.41, 5.74) is 0.780. The van der Waals surface area contributed by atoms with Gasteiger partial charge in [-0.2, -0.15) is 0 Å². The average molecular weight is 467 g/mol. The number of non-ortho nitro benzene ring substituents is 1. The Morgan fingerprint density at radius 2 is 1.91 bits per heavy atom. The number of piperidine rings is 1. The van der Waals surface area contributed by atoms with E-state index in [1.807, 2.05) is 18.4 Å². The molecule has 1 fully saturated rings. The van der Waals surface area contributed by atoms with Crippen LogP contribution in [0.15, 0.2) is 53.9 Å². The van der Waals surface area contributed by atoms with Gasteiger partial charge in [0.1, 0.15) is 11.5 Å². The smallest absolute Gasteiger partial charge is 0.270 e. The largest absolute Gasteiger partial charge is 0.457 e. The number of aryl methyl sites for hydroxylation is 1. The minimum Gasteiger partial charge on any atom is -0.457 e. The molecule has 1 saturated heterocycles. The molecule has 0 bridgehead atoms. The number of thiazole rings is 1. The third-order valence-electron chi connectivity index (χ3n) is 5.38. The maximum atomic E-state index is 13.3. The number of nitrogens with zero attached hydrogens (tertiary/aromatic N) is 3. The summed E-state index contributed by atoms with van der Waals surface area (Å²) in [5.74, 6) is 0.0614. The number of nitro benzene ring substituents is 1. The van der Waals surface area contributed by atoms with Crippen molar-refractivity contribution in [2.75, 3.05) is 18.4 Å². The second-order valence-electron chi connectivity index (χ2n) is 7.70. The highest BCUT2D eigenvalue weighted by Gasteiger charge is 2.30. The van der Waals surface area contributed by atoms with Crippen LogP contribution in [0, 0.1) is 23.0 Å². The number of anilines is 1. The van der Waals surface area contributed by atoms with Crippen LogP contribution in [-0.4, -0.2) is 39.7 Å². The predicted molar refractivity (Wildman–Crippen MR) is 124 cm³/mol. The molecule has 2 aromatic carbocycles. The molecule has 3 aromatic rings. The van der Waals surface area contributed by atoms with Crippen LogP contribution in [0.4, 0.5) is 10.8 Å². The van der Waals surface area contributed by atoms with Crippen molar-refractivity contribution in [3.8, 4) is 11.5 Å². The van der Waals surface area contributed by atoms with Crippen molar-refractivity contribution in [3.63, 3.8) is 0 Å². The van der Waals surface area contributed by atoms with Gasteiger partial charge in [-0.3, -0.25) is 19.7 Å². The van der Waals surface area contributed by atoms with Gasteiger partial charge in [0.25, 0.3) is 11.6 Å². The minimum atomic E-state index is -0.542. The normalized spacial score (nSPS) is 14.0. The molecule has 0 atom stereocenters. The van der Waals surface area contributed by atoms with E-state index in [1.54, 1.807) is 29.2 Å². The third-order valence-corrected chi connectivity index (χ3v) is 6.25. The number of hydrogen-bond acceptors (Lipinski definition) is 7. The molecule has 170 valence electrons. The van der Waals surface area contributed by atoms with Crippen LogP contribution in [0.5, 0.6) is 11.5 Å². The maximum Gasteiger partial charge on any atom is 0.270 e. The van der Waals surface area contributed by atoms with Gasteiger partial charge in [0.05, 0.1) is 16.2 Å². The van der Waals surface area contributed by atoms with Crippen molar-refractivity contribution < 1.29 is 19.2 Å². The molecule has 1 aliphatic heterocycles. The lowest BCUT2D eigenvalue weighted by Crippen LogP contribution is -2.41. The maximum absolute atomic E-state index is 13.3. The van der Waals surface area contributed by atoms with E-state index in [0.29, 0.717) is 36.8 Å². The summed E-state index contributed by atoms with van der Waals surface area (Å²) in [6, 6.07) is 12.9. The van der Waals surface area contributed by atoms with E-state index in [9.17, 15) is 19.7 Å². The van der Waals surface area contributed by atoms with Crippen molar-refractivity contribution in [2.24, 2.45) is 5.92 Å². The fraction of sp³-hybridized carbons (Fsp3) is 0.261. The molecule has 33 heavy (non-hydrogen) atoms. The van der Waals surface area contributed by atoms with Crippen molar-refractivity contribution in [2.45, 2.75) is 19.8 Å². The number of carbonyl (C=O) groups is 2. The van der Waals surface area contributed by atoms with Crippen LogP contribution in [0.25, 0.3) is 0 Å². The van der Waals surface area contributed by atoms with E-state index in [4.69, 9.17) is 4.74 Å². The molecule has 2 heterocycles. The second kappa shape index (κ2) is 9.78. The number of likely N-dealkylation sites (tertiary alicyclic amines) is 1. The Kier molecular flexibility index (Phi) is 6.64. The lowest BCUT2D eigenvalue weighted by molar-refractivity contribution is -0.384. The molecule has 0 saturated carbocycles. The number of ether oxygens (including phenoxy) is 1. The molecule has 0 aliphatic carbocycles. The molecule has 1 N–H and O–H groups in total. The fourth-order valence-corrected chi connectivity index (χ4v) is 4.33. The molecule has 1 aliphatic rings. The Morgan fingerprint density at radius 1 is 1.18 bits per heavy atom. The Hall–Kier alpha value is -3.79. The summed E-state index contributed by atoms with van der Waals surface area (Å²) in [6.45, 7) is 2.59. The molecular formula is C23H22N4O5S. The zero-order valence-corrected chi connectivity index (χ0v) is 18.7. The fourth-order valence-electron chi connectivity index (χ4n) is 3.64. The predicted octanol–water partition coefficient (Wildman–Crippen LogP) is 4.64. The number of rotatable bonds is 6. The molecular weight excluding hydrogens is 444 g/mol. The van der Waals surface area contributed by atoms with Gasteiger partial charge in [-0.1, -0.05) is 18.2 Å². The van der Waals surface area contributed by atoms with E-state index in [2.05, 4.69) is 10.3 Å². The van der Waals surface area contributed by atoms with Gasteiger partial charge in [-0.05, 0) is 38.0 Å². The third kappa shape index (κ3) is 5.35. The summed E-state index contributed by atoms with van der Waals surface area (Å²) in [4.78, 5) is 42.4. The topological polar surface area (TPSA) is 115 Å². The van der Waals surface area contributed by atoms with Crippen LogP contribution in [-0.2, 0) is 4.79 Å². The van der Waals surface area contributed by atoms with Gasteiger partial charge in [0.2, 0.25) is 5.91 Å². The molecule has 0 unspecified atom stereocenters. The van der Waals surface area contributed by atoms with Crippen molar-refractivity contribution >= 4 is 34.0 Å². The van der Waals surface area contributed by atoms with Crippen molar-refractivity contribution in [3.05, 3.63) is 75.3 Å². The second-order valence-corrected chi connectivity index (χ2v) is 8.56. The number of carbonyl (C=O) groups excluding carboxylic acids is 2. The monoisotopic (exact) mass is 466 g/mol. The van der Waals surface area contributed by atoms with Crippen LogP contribution in [0.3, 0.4) is 0 Å². The molecule has 9 nitrogen and oxygen atoms in total.